The summed E-state index contributed by atoms with van der Waals surface area (Å²) in [5, 5.41) is 9.20. The SMILES string of the molecule is COC(=O)c1c(OC)cc(OC)c(C(=O)O)c1OC. The monoisotopic (exact) mass is 270 g/mol. The average Bonchev–Trinajstić information content (AvgIpc) is 2.43. The number of benzene rings is 1. The third-order valence-corrected chi connectivity index (χ3v) is 2.46. The van der Waals surface area contributed by atoms with Gasteiger partial charge >= 0.3 is 11.9 Å². The molecule has 1 N–H and O–H groups in total. The van der Waals surface area contributed by atoms with Gasteiger partial charge in [0, 0.05) is 6.07 Å². The highest BCUT2D eigenvalue weighted by atomic mass is 16.5. The molecule has 0 spiro atoms. The molecule has 0 fully saturated rings. The second kappa shape index (κ2) is 5.94. The van der Waals surface area contributed by atoms with E-state index >= 15 is 0 Å². The van der Waals surface area contributed by atoms with Gasteiger partial charge in [-0.05, 0) is 0 Å². The van der Waals surface area contributed by atoms with Gasteiger partial charge in [-0.1, -0.05) is 0 Å². The Balaban J connectivity index is 3.73. The first-order valence-electron chi connectivity index (χ1n) is 5.16. The van der Waals surface area contributed by atoms with E-state index < -0.39 is 11.9 Å². The van der Waals surface area contributed by atoms with E-state index in [0.717, 1.165) is 0 Å². The highest BCUT2D eigenvalue weighted by Gasteiger charge is 2.29. The van der Waals surface area contributed by atoms with Crippen LogP contribution in [0.4, 0.5) is 0 Å². The molecule has 0 atom stereocenters. The Morgan fingerprint density at radius 1 is 0.947 bits per heavy atom. The van der Waals surface area contributed by atoms with Crippen molar-refractivity contribution in [3.05, 3.63) is 17.2 Å². The van der Waals surface area contributed by atoms with Crippen LogP contribution in [0.3, 0.4) is 0 Å². The van der Waals surface area contributed by atoms with Crippen LogP contribution in [0.2, 0.25) is 0 Å². The molecule has 1 rings (SSSR count). The molecule has 0 radical (unpaired) electrons. The first-order valence-corrected chi connectivity index (χ1v) is 5.16. The third kappa shape index (κ3) is 2.54. The fourth-order valence-corrected chi connectivity index (χ4v) is 1.64. The van der Waals surface area contributed by atoms with E-state index in [1.165, 1.54) is 34.5 Å². The number of ether oxygens (including phenoxy) is 4. The van der Waals surface area contributed by atoms with Gasteiger partial charge < -0.3 is 24.1 Å². The maximum absolute atomic E-state index is 11.7. The molecule has 0 saturated heterocycles. The van der Waals surface area contributed by atoms with Crippen molar-refractivity contribution in [2.24, 2.45) is 0 Å². The van der Waals surface area contributed by atoms with Crippen LogP contribution in [-0.2, 0) is 4.74 Å². The van der Waals surface area contributed by atoms with Crippen molar-refractivity contribution in [2.75, 3.05) is 28.4 Å². The Hall–Kier alpha value is -2.44. The van der Waals surface area contributed by atoms with Crippen LogP contribution in [0.1, 0.15) is 20.7 Å². The first kappa shape index (κ1) is 14.6. The van der Waals surface area contributed by atoms with E-state index in [0.29, 0.717) is 0 Å². The molecule has 19 heavy (non-hydrogen) atoms. The lowest BCUT2D eigenvalue weighted by Gasteiger charge is -2.16. The zero-order chi connectivity index (χ0) is 14.6. The standard InChI is InChI=1S/C12H14O7/c1-16-6-5-7(17-2)9(12(15)19-4)10(18-3)8(6)11(13)14/h5H,1-4H3,(H,13,14). The van der Waals surface area contributed by atoms with E-state index in [4.69, 9.17) is 14.2 Å². The van der Waals surface area contributed by atoms with Gasteiger partial charge in [-0.3, -0.25) is 0 Å². The van der Waals surface area contributed by atoms with Crippen molar-refractivity contribution in [1.29, 1.82) is 0 Å². The zero-order valence-corrected chi connectivity index (χ0v) is 11.0. The maximum Gasteiger partial charge on any atom is 0.345 e. The van der Waals surface area contributed by atoms with E-state index in [1.807, 2.05) is 0 Å². The Bertz CT molecular complexity index is 507. The summed E-state index contributed by atoms with van der Waals surface area (Å²) < 4.78 is 19.6. The molecule has 0 unspecified atom stereocenters. The smallest absolute Gasteiger partial charge is 0.345 e. The molecule has 0 aromatic heterocycles. The van der Waals surface area contributed by atoms with Crippen LogP contribution in [0.25, 0.3) is 0 Å². The van der Waals surface area contributed by atoms with Crippen LogP contribution in [0.15, 0.2) is 6.07 Å². The molecule has 0 aliphatic carbocycles. The van der Waals surface area contributed by atoms with Crippen molar-refractivity contribution in [1.82, 2.24) is 0 Å². The number of hydrogen-bond acceptors (Lipinski definition) is 6. The lowest BCUT2D eigenvalue weighted by molar-refractivity contribution is 0.0593. The van der Waals surface area contributed by atoms with Crippen molar-refractivity contribution in [2.45, 2.75) is 0 Å². The quantitative estimate of drug-likeness (QED) is 0.803. The number of carboxylic acid groups (broad SMARTS) is 1. The fraction of sp³-hybridized carbons (Fsp3) is 0.333. The second-order valence-corrected chi connectivity index (χ2v) is 3.36. The minimum atomic E-state index is -1.29. The zero-order valence-electron chi connectivity index (χ0n) is 11.0. The number of carbonyl (C=O) groups excluding carboxylic acids is 1. The predicted molar refractivity (Wildman–Crippen MR) is 64.4 cm³/mol. The van der Waals surface area contributed by atoms with E-state index in [1.54, 1.807) is 0 Å². The number of esters is 1. The van der Waals surface area contributed by atoms with Gasteiger partial charge in [0.2, 0.25) is 0 Å². The molecule has 0 heterocycles. The molecule has 0 aliphatic heterocycles. The minimum absolute atomic E-state index is 0.0221. The van der Waals surface area contributed by atoms with Gasteiger partial charge in [-0.25, -0.2) is 9.59 Å². The number of carboxylic acids is 1. The molecule has 0 amide bonds. The Morgan fingerprint density at radius 3 is 1.84 bits per heavy atom. The summed E-state index contributed by atoms with van der Waals surface area (Å²) in [6, 6.07) is 1.29. The largest absolute Gasteiger partial charge is 0.496 e. The lowest BCUT2D eigenvalue weighted by Crippen LogP contribution is -2.12. The molecule has 1 aromatic carbocycles. The second-order valence-electron chi connectivity index (χ2n) is 3.36. The number of methoxy groups -OCH3 is 4. The summed E-state index contributed by atoms with van der Waals surface area (Å²) in [4.78, 5) is 23.0. The fourth-order valence-electron chi connectivity index (χ4n) is 1.64. The third-order valence-electron chi connectivity index (χ3n) is 2.46. The summed E-state index contributed by atoms with van der Waals surface area (Å²) in [5.41, 5.74) is -0.378. The molecule has 0 bridgehead atoms. The summed E-state index contributed by atoms with van der Waals surface area (Å²) in [6.45, 7) is 0. The molecular weight excluding hydrogens is 256 g/mol. The summed E-state index contributed by atoms with van der Waals surface area (Å²) in [5.74, 6) is -2.10. The van der Waals surface area contributed by atoms with Crippen LogP contribution >= 0.6 is 0 Å². The topological polar surface area (TPSA) is 91.3 Å². The van der Waals surface area contributed by atoms with Gasteiger partial charge in [0.1, 0.15) is 22.6 Å². The Morgan fingerprint density at radius 2 is 1.47 bits per heavy atom. The predicted octanol–water partition coefficient (Wildman–Crippen LogP) is 1.20. The van der Waals surface area contributed by atoms with Crippen molar-refractivity contribution < 1.29 is 33.6 Å². The minimum Gasteiger partial charge on any atom is -0.496 e. The Kier molecular flexibility index (Phi) is 4.57. The maximum atomic E-state index is 11.7. The van der Waals surface area contributed by atoms with Crippen molar-refractivity contribution in [3.63, 3.8) is 0 Å². The van der Waals surface area contributed by atoms with E-state index in [9.17, 15) is 14.7 Å². The van der Waals surface area contributed by atoms with E-state index in [2.05, 4.69) is 4.74 Å². The molecular formula is C12H14O7. The summed E-state index contributed by atoms with van der Waals surface area (Å²) >= 11 is 0. The van der Waals surface area contributed by atoms with Gasteiger partial charge in [0.25, 0.3) is 0 Å². The highest BCUT2D eigenvalue weighted by Crippen LogP contribution is 2.39. The highest BCUT2D eigenvalue weighted by molar-refractivity contribution is 6.03. The van der Waals surface area contributed by atoms with Gasteiger partial charge in [-0.15, -0.1) is 0 Å². The number of carbonyl (C=O) groups is 2. The number of aromatic carboxylic acids is 1. The number of hydrogen-bond donors (Lipinski definition) is 1. The van der Waals surface area contributed by atoms with Crippen LogP contribution in [0.5, 0.6) is 17.2 Å². The van der Waals surface area contributed by atoms with Crippen LogP contribution in [0, 0.1) is 0 Å². The van der Waals surface area contributed by atoms with Crippen molar-refractivity contribution >= 4 is 11.9 Å². The molecule has 0 saturated carbocycles. The Labute approximate surface area is 109 Å². The number of rotatable bonds is 5. The first-order chi connectivity index (χ1) is 9.01. The van der Waals surface area contributed by atoms with Gasteiger partial charge in [0.15, 0.2) is 5.75 Å². The molecule has 7 nitrogen and oxygen atoms in total. The van der Waals surface area contributed by atoms with E-state index in [-0.39, 0.29) is 28.4 Å². The van der Waals surface area contributed by atoms with Crippen LogP contribution in [-0.4, -0.2) is 45.5 Å². The van der Waals surface area contributed by atoms with Gasteiger partial charge in [0.05, 0.1) is 28.4 Å². The molecule has 0 aliphatic rings. The molecule has 104 valence electrons. The summed E-state index contributed by atoms with van der Waals surface area (Å²) in [7, 11) is 5.05. The normalized spacial score (nSPS) is 9.68. The van der Waals surface area contributed by atoms with Crippen molar-refractivity contribution in [3.8, 4) is 17.2 Å². The molecule has 7 heteroatoms. The molecule has 1 aromatic rings. The summed E-state index contributed by atoms with van der Waals surface area (Å²) in [6.07, 6.45) is 0. The lowest BCUT2D eigenvalue weighted by atomic mass is 10.1. The average molecular weight is 270 g/mol. The van der Waals surface area contributed by atoms with Gasteiger partial charge in [-0.2, -0.15) is 0 Å². The van der Waals surface area contributed by atoms with Crippen LogP contribution < -0.4 is 14.2 Å².